The molecule has 0 aliphatic heterocycles. The van der Waals surface area contributed by atoms with Crippen LogP contribution in [0, 0.1) is 5.82 Å². The summed E-state index contributed by atoms with van der Waals surface area (Å²) >= 11 is 3.14. The van der Waals surface area contributed by atoms with Crippen molar-refractivity contribution in [3.8, 4) is 5.75 Å². The van der Waals surface area contributed by atoms with E-state index in [1.165, 1.54) is 12.1 Å². The molecule has 0 aliphatic rings. The van der Waals surface area contributed by atoms with Crippen LogP contribution in [0.4, 0.5) is 4.39 Å². The van der Waals surface area contributed by atoms with Crippen LogP contribution in [-0.4, -0.2) is 19.1 Å². The molecule has 1 rings (SSSR count). The summed E-state index contributed by atoms with van der Waals surface area (Å²) in [4.78, 5) is 11.4. The van der Waals surface area contributed by atoms with Gasteiger partial charge in [0.1, 0.15) is 0 Å². The maximum atomic E-state index is 13.4. The SMILES string of the molecule is C/C=C/CCNC(=O)COc1ccc(Br)cc1F. The molecule has 1 aromatic rings. The van der Waals surface area contributed by atoms with Crippen LogP contribution in [0.1, 0.15) is 13.3 Å². The molecule has 0 aromatic heterocycles. The van der Waals surface area contributed by atoms with Crippen molar-refractivity contribution in [3.05, 3.63) is 40.6 Å². The van der Waals surface area contributed by atoms with Crippen molar-refractivity contribution in [2.24, 2.45) is 0 Å². The third-order valence-electron chi connectivity index (χ3n) is 2.12. The first-order chi connectivity index (χ1) is 8.63. The van der Waals surface area contributed by atoms with Gasteiger partial charge in [-0.3, -0.25) is 4.79 Å². The number of hydrogen-bond donors (Lipinski definition) is 1. The molecule has 0 unspecified atom stereocenters. The van der Waals surface area contributed by atoms with Crippen molar-refractivity contribution in [2.75, 3.05) is 13.2 Å². The van der Waals surface area contributed by atoms with Gasteiger partial charge in [0.2, 0.25) is 0 Å². The minimum atomic E-state index is -0.494. The molecule has 0 bridgehead atoms. The smallest absolute Gasteiger partial charge is 0.257 e. The number of ether oxygens (including phenoxy) is 1. The Hall–Kier alpha value is -1.36. The summed E-state index contributed by atoms with van der Waals surface area (Å²) in [6, 6.07) is 4.42. The molecule has 18 heavy (non-hydrogen) atoms. The summed E-state index contributed by atoms with van der Waals surface area (Å²) in [6.07, 6.45) is 4.64. The second kappa shape index (κ2) is 7.87. The Balaban J connectivity index is 2.33. The van der Waals surface area contributed by atoms with E-state index in [0.717, 1.165) is 6.42 Å². The van der Waals surface area contributed by atoms with Crippen molar-refractivity contribution in [1.29, 1.82) is 0 Å². The molecule has 98 valence electrons. The van der Waals surface area contributed by atoms with E-state index in [2.05, 4.69) is 21.2 Å². The number of rotatable bonds is 6. The summed E-state index contributed by atoms with van der Waals surface area (Å²) in [7, 11) is 0. The molecular weight excluding hydrogens is 301 g/mol. The molecule has 0 aliphatic carbocycles. The lowest BCUT2D eigenvalue weighted by Crippen LogP contribution is -2.29. The van der Waals surface area contributed by atoms with Gasteiger partial charge in [0, 0.05) is 11.0 Å². The minimum absolute atomic E-state index is 0.0711. The zero-order valence-corrected chi connectivity index (χ0v) is 11.7. The average Bonchev–Trinajstić information content (AvgIpc) is 2.33. The topological polar surface area (TPSA) is 38.3 Å². The van der Waals surface area contributed by atoms with E-state index in [9.17, 15) is 9.18 Å². The number of halogens is 2. The summed E-state index contributed by atoms with van der Waals surface area (Å²) in [6.45, 7) is 2.28. The van der Waals surface area contributed by atoms with Gasteiger partial charge in [0.25, 0.3) is 5.91 Å². The standard InChI is InChI=1S/C13H15BrFNO2/c1-2-3-4-7-16-13(17)9-18-12-6-5-10(14)8-11(12)15/h2-3,5-6,8H,4,7,9H2,1H3,(H,16,17)/b3-2+. The highest BCUT2D eigenvalue weighted by molar-refractivity contribution is 9.10. The fraction of sp³-hybridized carbons (Fsp3) is 0.308. The number of carbonyl (C=O) groups is 1. The first-order valence-corrected chi connectivity index (χ1v) is 6.38. The first kappa shape index (κ1) is 14.7. The number of hydrogen-bond acceptors (Lipinski definition) is 2. The third-order valence-corrected chi connectivity index (χ3v) is 2.61. The molecule has 1 aromatic carbocycles. The lowest BCUT2D eigenvalue weighted by molar-refractivity contribution is -0.123. The molecule has 3 nitrogen and oxygen atoms in total. The normalized spacial score (nSPS) is 10.6. The van der Waals surface area contributed by atoms with Crippen LogP contribution in [0.5, 0.6) is 5.75 Å². The van der Waals surface area contributed by atoms with Crippen LogP contribution in [0.3, 0.4) is 0 Å². The van der Waals surface area contributed by atoms with Gasteiger partial charge in [0.05, 0.1) is 0 Å². The molecule has 0 atom stereocenters. The van der Waals surface area contributed by atoms with Crippen molar-refractivity contribution in [3.63, 3.8) is 0 Å². The van der Waals surface area contributed by atoms with Crippen LogP contribution in [0.25, 0.3) is 0 Å². The molecule has 5 heteroatoms. The van der Waals surface area contributed by atoms with Gasteiger partial charge in [-0.1, -0.05) is 28.1 Å². The number of benzene rings is 1. The van der Waals surface area contributed by atoms with Gasteiger partial charge < -0.3 is 10.1 Å². The van der Waals surface area contributed by atoms with Crippen molar-refractivity contribution >= 4 is 21.8 Å². The Kier molecular flexibility index (Phi) is 6.43. The Bertz CT molecular complexity index is 435. The molecule has 0 heterocycles. The van der Waals surface area contributed by atoms with Gasteiger partial charge in [-0.2, -0.15) is 0 Å². The second-order valence-electron chi connectivity index (χ2n) is 3.57. The zero-order valence-electron chi connectivity index (χ0n) is 10.1. The Morgan fingerprint density at radius 2 is 2.33 bits per heavy atom. The van der Waals surface area contributed by atoms with Gasteiger partial charge in [-0.25, -0.2) is 4.39 Å². The van der Waals surface area contributed by atoms with Gasteiger partial charge in [-0.15, -0.1) is 0 Å². The number of nitrogens with one attached hydrogen (secondary N) is 1. The first-order valence-electron chi connectivity index (χ1n) is 5.59. The number of amides is 1. The summed E-state index contributed by atoms with van der Waals surface area (Å²) in [5, 5.41) is 2.67. The van der Waals surface area contributed by atoms with E-state index in [0.29, 0.717) is 11.0 Å². The minimum Gasteiger partial charge on any atom is -0.481 e. The van der Waals surface area contributed by atoms with E-state index in [1.54, 1.807) is 6.07 Å². The predicted octanol–water partition coefficient (Wildman–Crippen LogP) is 3.05. The third kappa shape index (κ3) is 5.31. The highest BCUT2D eigenvalue weighted by Gasteiger charge is 2.06. The van der Waals surface area contributed by atoms with E-state index in [1.807, 2.05) is 19.1 Å². The molecular formula is C13H15BrFNO2. The Labute approximate surface area is 114 Å². The molecule has 0 spiro atoms. The van der Waals surface area contributed by atoms with Gasteiger partial charge in [-0.05, 0) is 31.5 Å². The monoisotopic (exact) mass is 315 g/mol. The lowest BCUT2D eigenvalue weighted by atomic mass is 10.3. The van der Waals surface area contributed by atoms with Crippen molar-refractivity contribution in [1.82, 2.24) is 5.32 Å². The van der Waals surface area contributed by atoms with Crippen molar-refractivity contribution < 1.29 is 13.9 Å². The molecule has 0 radical (unpaired) electrons. The van der Waals surface area contributed by atoms with Crippen LogP contribution in [0.2, 0.25) is 0 Å². The Morgan fingerprint density at radius 3 is 3.00 bits per heavy atom. The lowest BCUT2D eigenvalue weighted by Gasteiger charge is -2.07. The van der Waals surface area contributed by atoms with E-state index >= 15 is 0 Å². The molecule has 0 fully saturated rings. The molecule has 1 N–H and O–H groups in total. The molecule has 1 amide bonds. The largest absolute Gasteiger partial charge is 0.481 e. The maximum absolute atomic E-state index is 13.4. The highest BCUT2D eigenvalue weighted by atomic mass is 79.9. The van der Waals surface area contributed by atoms with Crippen LogP contribution in [-0.2, 0) is 4.79 Å². The van der Waals surface area contributed by atoms with E-state index in [4.69, 9.17) is 4.74 Å². The average molecular weight is 316 g/mol. The predicted molar refractivity (Wildman–Crippen MR) is 72.0 cm³/mol. The summed E-state index contributed by atoms with van der Waals surface area (Å²) in [5.41, 5.74) is 0. The highest BCUT2D eigenvalue weighted by Crippen LogP contribution is 2.21. The maximum Gasteiger partial charge on any atom is 0.257 e. The fourth-order valence-electron chi connectivity index (χ4n) is 1.25. The molecule has 0 saturated heterocycles. The zero-order chi connectivity index (χ0) is 13.4. The number of carbonyl (C=O) groups excluding carboxylic acids is 1. The van der Waals surface area contributed by atoms with Crippen molar-refractivity contribution in [2.45, 2.75) is 13.3 Å². The second-order valence-corrected chi connectivity index (χ2v) is 4.49. The van der Waals surface area contributed by atoms with Gasteiger partial charge >= 0.3 is 0 Å². The fourth-order valence-corrected chi connectivity index (χ4v) is 1.58. The van der Waals surface area contributed by atoms with E-state index < -0.39 is 5.82 Å². The quantitative estimate of drug-likeness (QED) is 0.647. The summed E-state index contributed by atoms with van der Waals surface area (Å²) in [5.74, 6) is -0.685. The summed E-state index contributed by atoms with van der Waals surface area (Å²) < 4.78 is 19.1. The van der Waals surface area contributed by atoms with Crippen LogP contribution in [0.15, 0.2) is 34.8 Å². The molecule has 0 saturated carbocycles. The van der Waals surface area contributed by atoms with Crippen LogP contribution < -0.4 is 10.1 Å². The Morgan fingerprint density at radius 1 is 1.56 bits per heavy atom. The van der Waals surface area contributed by atoms with Gasteiger partial charge in [0.15, 0.2) is 18.2 Å². The van der Waals surface area contributed by atoms with E-state index in [-0.39, 0.29) is 18.3 Å². The number of allylic oxidation sites excluding steroid dienone is 1. The van der Waals surface area contributed by atoms with Crippen LogP contribution >= 0.6 is 15.9 Å².